The van der Waals surface area contributed by atoms with Gasteiger partial charge in [0.2, 0.25) is 0 Å². The first-order valence-corrected chi connectivity index (χ1v) is 15.1. The molecule has 0 aliphatic carbocycles. The molecule has 8 nitrogen and oxygen atoms in total. The maximum atomic E-state index is 13.3. The number of nitrogens with one attached hydrogen (secondary N) is 1. The van der Waals surface area contributed by atoms with Gasteiger partial charge in [-0.3, -0.25) is 0 Å². The summed E-state index contributed by atoms with van der Waals surface area (Å²) in [4.78, 5) is 40.0. The van der Waals surface area contributed by atoms with E-state index in [9.17, 15) is 19.5 Å². The van der Waals surface area contributed by atoms with E-state index in [0.29, 0.717) is 0 Å². The van der Waals surface area contributed by atoms with Gasteiger partial charge in [0.05, 0.1) is 6.54 Å². The van der Waals surface area contributed by atoms with Crippen LogP contribution in [0, 0.1) is 0 Å². The largest absolute Gasteiger partial charge is 0.459 e. The first-order chi connectivity index (χ1) is 22.4. The number of nitrogens with zero attached hydrogens (tertiary/aromatic N) is 1. The molecule has 2 N–H and O–H groups in total. The molecule has 0 aliphatic heterocycles. The van der Waals surface area contributed by atoms with E-state index in [4.69, 9.17) is 9.47 Å². The number of ether oxygens (including phenoxy) is 2. The number of esters is 2. The fourth-order valence-corrected chi connectivity index (χ4v) is 5.06. The Hall–Kier alpha value is -5.47. The standard InChI is InChI=1S/C38H36N2O6/c1-40(24-35(41)37(43)46-26-29-13-6-3-7-14-29)38(44)39-34(36(42)45-25-28-11-4-2-5-12-28)23-27-19-21-31(22-20-27)33-18-10-16-30-15-8-9-17-32(30)33/h2-22,34-35,41H,23-26H2,1H3,(H,39,44)/t34-,35?/m0/s1. The number of hydrogen-bond donors (Lipinski definition) is 2. The normalized spacial score (nSPS) is 12.1. The maximum Gasteiger partial charge on any atom is 0.337 e. The number of carbonyl (C=O) groups is 3. The summed E-state index contributed by atoms with van der Waals surface area (Å²) >= 11 is 0. The number of likely N-dealkylation sites (N-methyl/N-ethyl adjacent to an activating group) is 1. The van der Waals surface area contributed by atoms with Crippen molar-refractivity contribution in [2.75, 3.05) is 13.6 Å². The van der Waals surface area contributed by atoms with Gasteiger partial charge in [-0.05, 0) is 38.6 Å². The number of benzene rings is 5. The number of rotatable bonds is 12. The Kier molecular flexibility index (Phi) is 10.8. The van der Waals surface area contributed by atoms with Crippen LogP contribution in [0.15, 0.2) is 127 Å². The molecule has 2 amide bonds. The smallest absolute Gasteiger partial charge is 0.337 e. The molecular weight excluding hydrogens is 580 g/mol. The highest BCUT2D eigenvalue weighted by molar-refractivity contribution is 5.96. The van der Waals surface area contributed by atoms with E-state index < -0.39 is 30.1 Å². The molecule has 234 valence electrons. The molecule has 2 atom stereocenters. The van der Waals surface area contributed by atoms with Crippen LogP contribution in [-0.4, -0.2) is 53.7 Å². The van der Waals surface area contributed by atoms with Gasteiger partial charge in [0, 0.05) is 13.5 Å². The second-order valence-electron chi connectivity index (χ2n) is 11.0. The zero-order valence-corrected chi connectivity index (χ0v) is 25.5. The third kappa shape index (κ3) is 8.58. The number of urea groups is 1. The Bertz CT molecular complexity index is 1750. The van der Waals surface area contributed by atoms with Gasteiger partial charge < -0.3 is 24.8 Å². The SMILES string of the molecule is CN(CC(O)C(=O)OCc1ccccc1)C(=O)N[C@@H](Cc1ccc(-c2cccc3ccccc23)cc1)C(=O)OCc1ccccc1. The fourth-order valence-electron chi connectivity index (χ4n) is 5.06. The van der Waals surface area contributed by atoms with Crippen molar-refractivity contribution in [3.8, 4) is 11.1 Å². The predicted molar refractivity (Wildman–Crippen MR) is 177 cm³/mol. The van der Waals surface area contributed by atoms with Crippen molar-refractivity contribution < 1.29 is 29.0 Å². The minimum absolute atomic E-state index is 0.00125. The van der Waals surface area contributed by atoms with E-state index in [2.05, 4.69) is 29.6 Å². The molecule has 1 unspecified atom stereocenters. The summed E-state index contributed by atoms with van der Waals surface area (Å²) in [5.74, 6) is -1.46. The van der Waals surface area contributed by atoms with Gasteiger partial charge >= 0.3 is 18.0 Å². The van der Waals surface area contributed by atoms with Crippen molar-refractivity contribution in [1.82, 2.24) is 10.2 Å². The number of aliphatic hydroxyl groups is 1. The Morgan fingerprint density at radius 1 is 0.674 bits per heavy atom. The number of amides is 2. The van der Waals surface area contributed by atoms with Crippen molar-refractivity contribution in [3.63, 3.8) is 0 Å². The number of hydrogen-bond acceptors (Lipinski definition) is 6. The number of aliphatic hydroxyl groups excluding tert-OH is 1. The van der Waals surface area contributed by atoms with Crippen LogP contribution in [0.1, 0.15) is 16.7 Å². The monoisotopic (exact) mass is 616 g/mol. The third-order valence-electron chi connectivity index (χ3n) is 7.59. The van der Waals surface area contributed by atoms with Crippen molar-refractivity contribution in [2.24, 2.45) is 0 Å². The molecule has 0 aromatic heterocycles. The lowest BCUT2D eigenvalue weighted by molar-refractivity contribution is -0.155. The maximum absolute atomic E-state index is 13.3. The molecule has 0 fully saturated rings. The van der Waals surface area contributed by atoms with E-state index in [1.807, 2.05) is 91.0 Å². The molecule has 0 heterocycles. The first-order valence-electron chi connectivity index (χ1n) is 15.1. The van der Waals surface area contributed by atoms with Gasteiger partial charge in [-0.25, -0.2) is 14.4 Å². The molecule has 5 rings (SSSR count). The van der Waals surface area contributed by atoms with Gasteiger partial charge in [0.15, 0.2) is 6.10 Å². The Morgan fingerprint density at radius 3 is 1.89 bits per heavy atom. The van der Waals surface area contributed by atoms with Crippen molar-refractivity contribution in [1.29, 1.82) is 0 Å². The summed E-state index contributed by atoms with van der Waals surface area (Å²) in [6.07, 6.45) is -1.39. The lowest BCUT2D eigenvalue weighted by Gasteiger charge is -2.24. The van der Waals surface area contributed by atoms with Crippen LogP contribution >= 0.6 is 0 Å². The average molecular weight is 617 g/mol. The lowest BCUT2D eigenvalue weighted by atomic mass is 9.96. The molecule has 0 aliphatic rings. The average Bonchev–Trinajstić information content (AvgIpc) is 3.10. The highest BCUT2D eigenvalue weighted by Gasteiger charge is 2.27. The minimum Gasteiger partial charge on any atom is -0.459 e. The van der Waals surface area contributed by atoms with E-state index in [0.717, 1.165) is 43.5 Å². The Balaban J connectivity index is 1.25. The van der Waals surface area contributed by atoms with Crippen LogP contribution in [0.5, 0.6) is 0 Å². The zero-order valence-electron chi connectivity index (χ0n) is 25.5. The topological polar surface area (TPSA) is 105 Å². The van der Waals surface area contributed by atoms with E-state index in [1.165, 1.54) is 7.05 Å². The lowest BCUT2D eigenvalue weighted by Crippen LogP contribution is -2.50. The Morgan fingerprint density at radius 2 is 1.24 bits per heavy atom. The van der Waals surface area contributed by atoms with E-state index >= 15 is 0 Å². The molecule has 0 spiro atoms. The summed E-state index contributed by atoms with van der Waals surface area (Å²) in [5.41, 5.74) is 4.53. The molecule has 0 saturated heterocycles. The van der Waals surface area contributed by atoms with Crippen LogP contribution in [0.4, 0.5) is 4.79 Å². The number of fused-ring (bicyclic) bond motifs is 1. The summed E-state index contributed by atoms with van der Waals surface area (Å²) in [6.45, 7) is -0.278. The molecule has 46 heavy (non-hydrogen) atoms. The number of carbonyl (C=O) groups excluding carboxylic acids is 3. The molecule has 5 aromatic carbocycles. The third-order valence-corrected chi connectivity index (χ3v) is 7.59. The van der Waals surface area contributed by atoms with Crippen LogP contribution < -0.4 is 5.32 Å². The summed E-state index contributed by atoms with van der Waals surface area (Å²) in [6, 6.07) is 38.9. The van der Waals surface area contributed by atoms with Gasteiger partial charge in [-0.2, -0.15) is 0 Å². The second-order valence-corrected chi connectivity index (χ2v) is 11.0. The molecule has 5 aromatic rings. The van der Waals surface area contributed by atoms with Gasteiger partial charge in [0.25, 0.3) is 0 Å². The van der Waals surface area contributed by atoms with Crippen LogP contribution in [0.2, 0.25) is 0 Å². The molecule has 0 bridgehead atoms. The van der Waals surface area contributed by atoms with Gasteiger partial charge in [-0.15, -0.1) is 0 Å². The highest BCUT2D eigenvalue weighted by atomic mass is 16.5. The zero-order chi connectivity index (χ0) is 32.3. The fraction of sp³-hybridized carbons (Fsp3) is 0.184. The van der Waals surface area contributed by atoms with Crippen LogP contribution in [-0.2, 0) is 38.7 Å². The summed E-state index contributed by atoms with van der Waals surface area (Å²) in [5, 5.41) is 15.4. The van der Waals surface area contributed by atoms with Crippen LogP contribution in [0.3, 0.4) is 0 Å². The van der Waals surface area contributed by atoms with Crippen molar-refractivity contribution >= 4 is 28.7 Å². The second kappa shape index (κ2) is 15.5. The van der Waals surface area contributed by atoms with Crippen molar-refractivity contribution in [2.45, 2.75) is 31.8 Å². The van der Waals surface area contributed by atoms with E-state index in [1.54, 1.807) is 12.1 Å². The predicted octanol–water partition coefficient (Wildman–Crippen LogP) is 5.91. The molecular formula is C38H36N2O6. The molecule has 0 saturated carbocycles. The van der Waals surface area contributed by atoms with Gasteiger partial charge in [-0.1, -0.05) is 127 Å². The summed E-state index contributed by atoms with van der Waals surface area (Å²) in [7, 11) is 1.42. The Labute approximate surface area is 268 Å². The van der Waals surface area contributed by atoms with E-state index in [-0.39, 0.29) is 26.2 Å². The van der Waals surface area contributed by atoms with Crippen molar-refractivity contribution in [3.05, 3.63) is 144 Å². The molecule has 0 radical (unpaired) electrons. The first kappa shape index (κ1) is 31.9. The van der Waals surface area contributed by atoms with Crippen LogP contribution in [0.25, 0.3) is 21.9 Å². The summed E-state index contributed by atoms with van der Waals surface area (Å²) < 4.78 is 10.8. The molecule has 8 heteroatoms. The highest BCUT2D eigenvalue weighted by Crippen LogP contribution is 2.29. The quantitative estimate of drug-likeness (QED) is 0.169. The minimum atomic E-state index is -1.57. The van der Waals surface area contributed by atoms with Gasteiger partial charge in [0.1, 0.15) is 19.3 Å².